The SMILES string of the molecule is Cc1cc(C)c2[nH]ccc2c1CN1CCCCC1c1ccc(S(C)(=N)=O)cc1. The average Bonchev–Trinajstić information content (AvgIpc) is 3.15. The molecule has 1 aliphatic heterocycles. The monoisotopic (exact) mass is 395 g/mol. The van der Waals surface area contributed by atoms with E-state index in [-0.39, 0.29) is 0 Å². The van der Waals surface area contributed by atoms with Gasteiger partial charge in [-0.1, -0.05) is 24.6 Å². The Balaban J connectivity index is 1.66. The van der Waals surface area contributed by atoms with Gasteiger partial charge in [-0.05, 0) is 73.7 Å². The molecule has 0 amide bonds. The first-order chi connectivity index (χ1) is 13.3. The van der Waals surface area contributed by atoms with Crippen LogP contribution in [0, 0.1) is 18.6 Å². The smallest absolute Gasteiger partial charge is 0.0696 e. The summed E-state index contributed by atoms with van der Waals surface area (Å²) in [6.45, 7) is 6.41. The van der Waals surface area contributed by atoms with E-state index in [4.69, 9.17) is 4.78 Å². The maximum Gasteiger partial charge on any atom is 0.0696 e. The van der Waals surface area contributed by atoms with E-state index in [0.717, 1.165) is 19.5 Å². The number of hydrogen-bond donors (Lipinski definition) is 2. The standard InChI is InChI=1S/C23H29N3OS/c1-16-14-17(2)23-20(11-12-25-23)21(16)15-26-13-5-4-6-22(26)18-7-9-19(10-8-18)28(3,24)27/h7-12,14,22,24-25H,4-6,13,15H2,1-3H3. The summed E-state index contributed by atoms with van der Waals surface area (Å²) in [5.74, 6) is 0. The minimum absolute atomic E-state index is 0.371. The van der Waals surface area contributed by atoms with Crippen LogP contribution < -0.4 is 0 Å². The van der Waals surface area contributed by atoms with E-state index < -0.39 is 9.73 Å². The zero-order valence-electron chi connectivity index (χ0n) is 16.9. The normalized spacial score (nSPS) is 20.3. The maximum atomic E-state index is 12.0. The van der Waals surface area contributed by atoms with Crippen molar-refractivity contribution < 1.29 is 4.21 Å². The summed E-state index contributed by atoms with van der Waals surface area (Å²) >= 11 is 0. The molecule has 1 aliphatic rings. The van der Waals surface area contributed by atoms with E-state index in [0.29, 0.717) is 10.9 Å². The third kappa shape index (κ3) is 3.61. The molecule has 4 rings (SSSR count). The Morgan fingerprint density at radius 2 is 1.89 bits per heavy atom. The molecule has 1 fully saturated rings. The summed E-state index contributed by atoms with van der Waals surface area (Å²) in [4.78, 5) is 6.60. The molecular weight excluding hydrogens is 366 g/mol. The number of H-pyrrole nitrogens is 1. The Bertz CT molecular complexity index is 1100. The van der Waals surface area contributed by atoms with Gasteiger partial charge in [0.15, 0.2) is 0 Å². The average molecular weight is 396 g/mol. The van der Waals surface area contributed by atoms with Gasteiger partial charge in [0.05, 0.1) is 9.73 Å². The van der Waals surface area contributed by atoms with Gasteiger partial charge in [0, 0.05) is 40.8 Å². The molecule has 0 aliphatic carbocycles. The predicted octanol–water partition coefficient (Wildman–Crippen LogP) is 5.55. The molecule has 0 saturated carbocycles. The molecule has 28 heavy (non-hydrogen) atoms. The van der Waals surface area contributed by atoms with Crippen LogP contribution in [0.2, 0.25) is 0 Å². The predicted molar refractivity (Wildman–Crippen MR) is 116 cm³/mol. The van der Waals surface area contributed by atoms with Gasteiger partial charge in [0.2, 0.25) is 0 Å². The van der Waals surface area contributed by atoms with E-state index in [9.17, 15) is 4.21 Å². The molecule has 1 saturated heterocycles. The number of benzene rings is 2. The molecular formula is C23H29N3OS. The van der Waals surface area contributed by atoms with E-state index >= 15 is 0 Å². The van der Waals surface area contributed by atoms with Crippen molar-refractivity contribution in [1.29, 1.82) is 4.78 Å². The molecule has 2 heterocycles. The summed E-state index contributed by atoms with van der Waals surface area (Å²) in [6.07, 6.45) is 7.12. The van der Waals surface area contributed by atoms with Crippen LogP contribution in [0.3, 0.4) is 0 Å². The van der Waals surface area contributed by atoms with E-state index in [1.807, 2.05) is 18.3 Å². The second-order valence-corrected chi connectivity index (χ2v) is 10.3. The quantitative estimate of drug-likeness (QED) is 0.609. The lowest BCUT2D eigenvalue weighted by atomic mass is 9.93. The van der Waals surface area contributed by atoms with Gasteiger partial charge >= 0.3 is 0 Å². The molecule has 2 atom stereocenters. The third-order valence-electron chi connectivity index (χ3n) is 6.07. The highest BCUT2D eigenvalue weighted by atomic mass is 32.2. The summed E-state index contributed by atoms with van der Waals surface area (Å²) in [5.41, 5.74) is 6.57. The topological polar surface area (TPSA) is 60.0 Å². The second-order valence-electron chi connectivity index (χ2n) is 8.15. The number of nitrogens with zero attached hydrogens (tertiary/aromatic N) is 1. The van der Waals surface area contributed by atoms with Gasteiger partial charge in [0.1, 0.15) is 0 Å². The molecule has 2 aromatic carbocycles. The lowest BCUT2D eigenvalue weighted by Gasteiger charge is -2.36. The number of rotatable bonds is 4. The molecule has 1 aromatic heterocycles. The van der Waals surface area contributed by atoms with E-state index in [1.165, 1.54) is 52.3 Å². The van der Waals surface area contributed by atoms with Gasteiger partial charge in [-0.15, -0.1) is 0 Å². The van der Waals surface area contributed by atoms with E-state index in [2.05, 4.69) is 48.0 Å². The molecule has 3 aromatic rings. The van der Waals surface area contributed by atoms with Gasteiger partial charge in [-0.25, -0.2) is 8.99 Å². The van der Waals surface area contributed by atoms with Crippen molar-refractivity contribution in [2.75, 3.05) is 12.8 Å². The van der Waals surface area contributed by atoms with Crippen LogP contribution >= 0.6 is 0 Å². The summed E-state index contributed by atoms with van der Waals surface area (Å²) in [7, 11) is -2.66. The lowest BCUT2D eigenvalue weighted by Crippen LogP contribution is -2.33. The minimum atomic E-state index is -2.66. The van der Waals surface area contributed by atoms with E-state index in [1.54, 1.807) is 0 Å². The van der Waals surface area contributed by atoms with Crippen molar-refractivity contribution in [2.24, 2.45) is 0 Å². The number of aromatic nitrogens is 1. The van der Waals surface area contributed by atoms with Crippen molar-refractivity contribution >= 4 is 20.6 Å². The van der Waals surface area contributed by atoms with Crippen LogP contribution in [0.5, 0.6) is 0 Å². The van der Waals surface area contributed by atoms with Crippen molar-refractivity contribution in [3.63, 3.8) is 0 Å². The van der Waals surface area contributed by atoms with Crippen molar-refractivity contribution in [2.45, 2.75) is 50.6 Å². The van der Waals surface area contributed by atoms with Crippen molar-refractivity contribution in [3.8, 4) is 0 Å². The molecule has 0 radical (unpaired) electrons. The van der Waals surface area contributed by atoms with Crippen molar-refractivity contribution in [1.82, 2.24) is 9.88 Å². The number of likely N-dealkylation sites (tertiary alicyclic amines) is 1. The first-order valence-corrected chi connectivity index (χ1v) is 12.0. The number of fused-ring (bicyclic) bond motifs is 1. The fourth-order valence-corrected chi connectivity index (χ4v) is 5.22. The fourth-order valence-electron chi connectivity index (χ4n) is 4.56. The number of hydrogen-bond acceptors (Lipinski definition) is 3. The van der Waals surface area contributed by atoms with Crippen LogP contribution in [0.25, 0.3) is 10.9 Å². The van der Waals surface area contributed by atoms with Crippen LogP contribution in [-0.4, -0.2) is 26.9 Å². The molecule has 2 unspecified atom stereocenters. The number of nitrogens with one attached hydrogen (secondary N) is 2. The highest BCUT2D eigenvalue weighted by Crippen LogP contribution is 2.35. The minimum Gasteiger partial charge on any atom is -0.361 e. The first kappa shape index (κ1) is 19.2. The van der Waals surface area contributed by atoms with Crippen LogP contribution in [0.15, 0.2) is 47.5 Å². The highest BCUT2D eigenvalue weighted by molar-refractivity contribution is 7.91. The Morgan fingerprint density at radius 3 is 2.61 bits per heavy atom. The summed E-state index contributed by atoms with van der Waals surface area (Å²) in [6, 6.07) is 12.8. The zero-order chi connectivity index (χ0) is 19.9. The highest BCUT2D eigenvalue weighted by Gasteiger charge is 2.25. The third-order valence-corrected chi connectivity index (χ3v) is 7.24. The van der Waals surface area contributed by atoms with Gasteiger partial charge in [-0.2, -0.15) is 0 Å². The van der Waals surface area contributed by atoms with Crippen molar-refractivity contribution in [3.05, 3.63) is 64.8 Å². The van der Waals surface area contributed by atoms with Gasteiger partial charge < -0.3 is 4.98 Å². The zero-order valence-corrected chi connectivity index (χ0v) is 17.7. The molecule has 5 heteroatoms. The molecule has 0 bridgehead atoms. The largest absolute Gasteiger partial charge is 0.361 e. The summed E-state index contributed by atoms with van der Waals surface area (Å²) < 4.78 is 19.8. The molecule has 2 N–H and O–H groups in total. The lowest BCUT2D eigenvalue weighted by molar-refractivity contribution is 0.140. The van der Waals surface area contributed by atoms with Crippen LogP contribution in [0.4, 0.5) is 0 Å². The Kier molecular flexibility index (Phi) is 5.06. The summed E-state index contributed by atoms with van der Waals surface area (Å²) in [5, 5.41) is 1.33. The van der Waals surface area contributed by atoms with Gasteiger partial charge in [0.25, 0.3) is 0 Å². The fraction of sp³-hybridized carbons (Fsp3) is 0.391. The number of aromatic amines is 1. The maximum absolute atomic E-state index is 12.0. The number of aryl methyl sites for hydroxylation is 2. The number of piperidine rings is 1. The first-order valence-electron chi connectivity index (χ1n) is 9.98. The Morgan fingerprint density at radius 1 is 1.14 bits per heavy atom. The Hall–Kier alpha value is -2.11. The molecule has 0 spiro atoms. The molecule has 4 nitrogen and oxygen atoms in total. The second kappa shape index (κ2) is 7.37. The van der Waals surface area contributed by atoms with Crippen LogP contribution in [-0.2, 0) is 16.3 Å². The van der Waals surface area contributed by atoms with Crippen LogP contribution in [0.1, 0.15) is 47.6 Å². The van der Waals surface area contributed by atoms with Gasteiger partial charge in [-0.3, -0.25) is 4.90 Å². The Labute approximate surface area is 167 Å². The molecule has 148 valence electrons.